The summed E-state index contributed by atoms with van der Waals surface area (Å²) in [6, 6.07) is 5.44. The molecule has 5 nitrogen and oxygen atoms in total. The second-order valence-electron chi connectivity index (χ2n) is 4.60. The second-order valence-corrected chi connectivity index (χ2v) is 4.60. The first-order valence-corrected chi connectivity index (χ1v) is 6.30. The van der Waals surface area contributed by atoms with Gasteiger partial charge in [0.2, 0.25) is 0 Å². The Morgan fingerprint density at radius 3 is 2.70 bits per heavy atom. The van der Waals surface area contributed by atoms with Crippen molar-refractivity contribution in [2.75, 3.05) is 14.2 Å². The zero-order valence-electron chi connectivity index (χ0n) is 12.1. The Kier molecular flexibility index (Phi) is 4.20. The van der Waals surface area contributed by atoms with E-state index in [9.17, 15) is 4.79 Å². The highest BCUT2D eigenvalue weighted by Crippen LogP contribution is 2.27. The van der Waals surface area contributed by atoms with Gasteiger partial charge in [-0.2, -0.15) is 0 Å². The third-order valence-electron chi connectivity index (χ3n) is 3.10. The van der Waals surface area contributed by atoms with E-state index in [4.69, 9.17) is 9.47 Å². The third kappa shape index (κ3) is 2.72. The van der Waals surface area contributed by atoms with Crippen LogP contribution in [0.4, 0.5) is 0 Å². The fourth-order valence-corrected chi connectivity index (χ4v) is 2.13. The molecule has 0 fully saturated rings. The summed E-state index contributed by atoms with van der Waals surface area (Å²) in [6.45, 7) is 4.32. The fourth-order valence-electron chi connectivity index (χ4n) is 2.13. The van der Waals surface area contributed by atoms with Gasteiger partial charge in [0.25, 0.3) is 0 Å². The maximum atomic E-state index is 11.6. The van der Waals surface area contributed by atoms with Crippen LogP contribution in [0.2, 0.25) is 0 Å². The molecule has 2 rings (SSSR count). The van der Waals surface area contributed by atoms with Gasteiger partial charge in [-0.25, -0.2) is 9.78 Å². The van der Waals surface area contributed by atoms with Gasteiger partial charge in [-0.3, -0.25) is 0 Å². The van der Waals surface area contributed by atoms with Crippen LogP contribution >= 0.6 is 0 Å². The number of methoxy groups -OCH3 is 2. The fraction of sp³-hybridized carbons (Fsp3) is 0.333. The number of nitrogens with zero attached hydrogens (tertiary/aromatic N) is 1. The molecule has 0 saturated heterocycles. The Balaban J connectivity index is 2.54. The third-order valence-corrected chi connectivity index (χ3v) is 3.10. The highest BCUT2D eigenvalue weighted by Gasteiger charge is 2.15. The summed E-state index contributed by atoms with van der Waals surface area (Å²) in [4.78, 5) is 19.3. The van der Waals surface area contributed by atoms with Crippen molar-refractivity contribution in [3.05, 3.63) is 40.8 Å². The van der Waals surface area contributed by atoms with Crippen LogP contribution in [0.25, 0.3) is 11.3 Å². The molecule has 0 spiro atoms. The number of H-pyrrole nitrogens is 1. The maximum absolute atomic E-state index is 11.6. The van der Waals surface area contributed by atoms with Gasteiger partial charge in [0.15, 0.2) is 0 Å². The number of hydrogen-bond donors (Lipinski definition) is 1. The number of hydrogen-bond acceptors (Lipinski definition) is 4. The molecule has 2 aromatic rings. The molecular formula is C15H18N2O3. The van der Waals surface area contributed by atoms with Crippen molar-refractivity contribution < 1.29 is 14.3 Å². The molecule has 0 radical (unpaired) electrons. The SMILES string of the molecule is COCc1[nH]c(C)nc1-c1cc(C(=O)OC)ccc1C. The first-order valence-electron chi connectivity index (χ1n) is 6.30. The van der Waals surface area contributed by atoms with Crippen molar-refractivity contribution in [1.29, 1.82) is 0 Å². The molecule has 0 unspecified atom stereocenters. The van der Waals surface area contributed by atoms with Gasteiger partial charge < -0.3 is 14.5 Å². The summed E-state index contributed by atoms with van der Waals surface area (Å²) in [5.41, 5.74) is 4.17. The maximum Gasteiger partial charge on any atom is 0.337 e. The van der Waals surface area contributed by atoms with Crippen LogP contribution in [-0.4, -0.2) is 30.2 Å². The Morgan fingerprint density at radius 1 is 1.30 bits per heavy atom. The molecule has 0 saturated carbocycles. The van der Waals surface area contributed by atoms with Crippen LogP contribution in [0.15, 0.2) is 18.2 Å². The van der Waals surface area contributed by atoms with Gasteiger partial charge in [0.05, 0.1) is 30.7 Å². The number of aryl methyl sites for hydroxylation is 2. The predicted molar refractivity (Wildman–Crippen MR) is 75.6 cm³/mol. The summed E-state index contributed by atoms with van der Waals surface area (Å²) in [6.07, 6.45) is 0. The molecule has 0 aliphatic heterocycles. The van der Waals surface area contributed by atoms with Crippen LogP contribution in [0.1, 0.15) is 27.4 Å². The minimum absolute atomic E-state index is 0.355. The van der Waals surface area contributed by atoms with Crippen molar-refractivity contribution in [1.82, 2.24) is 9.97 Å². The lowest BCUT2D eigenvalue weighted by atomic mass is 10.0. The molecule has 5 heteroatoms. The second kappa shape index (κ2) is 5.88. The van der Waals surface area contributed by atoms with Gasteiger partial charge in [-0.05, 0) is 31.5 Å². The number of rotatable bonds is 4. The van der Waals surface area contributed by atoms with Crippen LogP contribution in [0.5, 0.6) is 0 Å². The minimum Gasteiger partial charge on any atom is -0.465 e. The smallest absolute Gasteiger partial charge is 0.337 e. The summed E-state index contributed by atoms with van der Waals surface area (Å²) >= 11 is 0. The van der Waals surface area contributed by atoms with Gasteiger partial charge in [-0.1, -0.05) is 6.07 Å². The number of ether oxygens (including phenoxy) is 2. The van der Waals surface area contributed by atoms with E-state index in [1.165, 1.54) is 7.11 Å². The number of imidazole rings is 1. The number of esters is 1. The molecule has 0 aliphatic rings. The average molecular weight is 274 g/mol. The standard InChI is InChI=1S/C15H18N2O3/c1-9-5-6-11(15(18)20-4)7-12(9)14-13(8-19-3)16-10(2)17-14/h5-7H,8H2,1-4H3,(H,16,17). The quantitative estimate of drug-likeness (QED) is 0.870. The normalized spacial score (nSPS) is 10.6. The number of nitrogens with one attached hydrogen (secondary N) is 1. The number of carbonyl (C=O) groups is 1. The molecule has 0 amide bonds. The predicted octanol–water partition coefficient (Wildman–Crippen LogP) is 2.63. The van der Waals surface area contributed by atoms with Crippen molar-refractivity contribution >= 4 is 5.97 Å². The molecule has 0 bridgehead atoms. The Morgan fingerprint density at radius 2 is 2.05 bits per heavy atom. The van der Waals surface area contributed by atoms with Crippen LogP contribution < -0.4 is 0 Å². The molecular weight excluding hydrogens is 256 g/mol. The minimum atomic E-state index is -0.355. The molecule has 1 heterocycles. The van der Waals surface area contributed by atoms with E-state index in [1.807, 2.05) is 19.9 Å². The van der Waals surface area contributed by atoms with E-state index in [0.29, 0.717) is 12.2 Å². The average Bonchev–Trinajstić information content (AvgIpc) is 2.79. The molecule has 0 aliphatic carbocycles. The van der Waals surface area contributed by atoms with Crippen molar-refractivity contribution in [3.63, 3.8) is 0 Å². The van der Waals surface area contributed by atoms with Crippen LogP contribution in [0, 0.1) is 13.8 Å². The molecule has 1 aromatic carbocycles. The van der Waals surface area contributed by atoms with E-state index in [1.54, 1.807) is 19.2 Å². The zero-order valence-corrected chi connectivity index (χ0v) is 12.1. The van der Waals surface area contributed by atoms with E-state index in [-0.39, 0.29) is 5.97 Å². The van der Waals surface area contributed by atoms with Crippen molar-refractivity contribution in [3.8, 4) is 11.3 Å². The first kappa shape index (κ1) is 14.3. The summed E-state index contributed by atoms with van der Waals surface area (Å²) in [7, 11) is 3.01. The lowest BCUT2D eigenvalue weighted by Gasteiger charge is -2.08. The van der Waals surface area contributed by atoms with E-state index < -0.39 is 0 Å². The molecule has 1 N–H and O–H groups in total. The molecule has 20 heavy (non-hydrogen) atoms. The number of carbonyl (C=O) groups excluding carboxylic acids is 1. The van der Waals surface area contributed by atoms with Crippen LogP contribution in [0.3, 0.4) is 0 Å². The Hall–Kier alpha value is -2.14. The van der Waals surface area contributed by atoms with E-state index in [2.05, 4.69) is 9.97 Å². The summed E-state index contributed by atoms with van der Waals surface area (Å²) in [5.74, 6) is 0.460. The van der Waals surface area contributed by atoms with Gasteiger partial charge in [-0.15, -0.1) is 0 Å². The monoisotopic (exact) mass is 274 g/mol. The van der Waals surface area contributed by atoms with E-state index in [0.717, 1.165) is 28.3 Å². The highest BCUT2D eigenvalue weighted by atomic mass is 16.5. The Labute approximate surface area is 117 Å². The van der Waals surface area contributed by atoms with Crippen LogP contribution in [-0.2, 0) is 16.1 Å². The Bertz CT molecular complexity index is 632. The van der Waals surface area contributed by atoms with Gasteiger partial charge in [0.1, 0.15) is 5.82 Å². The highest BCUT2D eigenvalue weighted by molar-refractivity contribution is 5.91. The largest absolute Gasteiger partial charge is 0.465 e. The number of benzene rings is 1. The molecule has 1 aromatic heterocycles. The van der Waals surface area contributed by atoms with E-state index >= 15 is 0 Å². The lowest BCUT2D eigenvalue weighted by Crippen LogP contribution is -2.02. The molecule has 0 atom stereocenters. The lowest BCUT2D eigenvalue weighted by molar-refractivity contribution is 0.0601. The topological polar surface area (TPSA) is 64.2 Å². The molecule has 106 valence electrons. The number of aromatic amines is 1. The summed E-state index contributed by atoms with van der Waals surface area (Å²) < 4.78 is 9.94. The first-order chi connectivity index (χ1) is 9.56. The van der Waals surface area contributed by atoms with Gasteiger partial charge >= 0.3 is 5.97 Å². The number of aromatic nitrogens is 2. The van der Waals surface area contributed by atoms with Crippen molar-refractivity contribution in [2.45, 2.75) is 20.5 Å². The zero-order chi connectivity index (χ0) is 14.7. The summed E-state index contributed by atoms with van der Waals surface area (Å²) in [5, 5.41) is 0. The van der Waals surface area contributed by atoms with Gasteiger partial charge in [0, 0.05) is 12.7 Å². The van der Waals surface area contributed by atoms with Crippen molar-refractivity contribution in [2.24, 2.45) is 0 Å².